The zero-order valence-corrected chi connectivity index (χ0v) is 10.0. The molecule has 0 amide bonds. The summed E-state index contributed by atoms with van der Waals surface area (Å²) < 4.78 is 5.51. The zero-order chi connectivity index (χ0) is 11.2. The molecule has 1 N–H and O–H groups in total. The lowest BCUT2D eigenvalue weighted by Gasteiger charge is -2.21. The molecule has 86 valence electrons. The lowest BCUT2D eigenvalue weighted by molar-refractivity contribution is 0.357. The molecular formula is C14H19NO. The summed E-state index contributed by atoms with van der Waals surface area (Å²) in [5.74, 6) is 1.07. The normalized spacial score (nSPS) is 22.1. The standard InChI is InChI=1S/C14H19NO/c1-10(14(2)6-7-14)15-12-3-4-13-11(9-12)5-8-16-13/h3-4,9-10,15H,5-8H2,1-2H3. The summed E-state index contributed by atoms with van der Waals surface area (Å²) in [7, 11) is 0. The summed E-state index contributed by atoms with van der Waals surface area (Å²) in [5, 5.41) is 3.62. The average molecular weight is 217 g/mol. The molecule has 1 atom stereocenters. The maximum absolute atomic E-state index is 5.51. The highest BCUT2D eigenvalue weighted by atomic mass is 16.5. The highest BCUT2D eigenvalue weighted by molar-refractivity contribution is 5.53. The van der Waals surface area contributed by atoms with Crippen LogP contribution in [0.2, 0.25) is 0 Å². The average Bonchev–Trinajstić information content (AvgIpc) is 2.87. The first kappa shape index (κ1) is 10.0. The van der Waals surface area contributed by atoms with Gasteiger partial charge in [0.1, 0.15) is 5.75 Å². The molecule has 1 fully saturated rings. The molecule has 2 aliphatic rings. The first-order chi connectivity index (χ1) is 7.67. The number of nitrogens with one attached hydrogen (secondary N) is 1. The van der Waals surface area contributed by atoms with Gasteiger partial charge in [0, 0.05) is 18.2 Å². The summed E-state index contributed by atoms with van der Waals surface area (Å²) in [5.41, 5.74) is 3.11. The molecule has 1 aromatic carbocycles. The van der Waals surface area contributed by atoms with Crippen molar-refractivity contribution in [2.45, 2.75) is 39.2 Å². The van der Waals surface area contributed by atoms with Crippen molar-refractivity contribution in [1.29, 1.82) is 0 Å². The summed E-state index contributed by atoms with van der Waals surface area (Å²) >= 11 is 0. The number of rotatable bonds is 3. The van der Waals surface area contributed by atoms with Crippen molar-refractivity contribution in [3.63, 3.8) is 0 Å². The van der Waals surface area contributed by atoms with Gasteiger partial charge in [-0.05, 0) is 48.9 Å². The minimum Gasteiger partial charge on any atom is -0.493 e. The van der Waals surface area contributed by atoms with Gasteiger partial charge in [0.2, 0.25) is 0 Å². The summed E-state index contributed by atoms with van der Waals surface area (Å²) in [4.78, 5) is 0. The smallest absolute Gasteiger partial charge is 0.122 e. The van der Waals surface area contributed by atoms with Crippen LogP contribution in [-0.4, -0.2) is 12.6 Å². The molecule has 0 bridgehead atoms. The summed E-state index contributed by atoms with van der Waals surface area (Å²) in [6, 6.07) is 7.02. The largest absolute Gasteiger partial charge is 0.493 e. The molecular weight excluding hydrogens is 198 g/mol. The second kappa shape index (κ2) is 3.41. The molecule has 1 heterocycles. The Morgan fingerprint density at radius 2 is 2.19 bits per heavy atom. The number of fused-ring (bicyclic) bond motifs is 1. The first-order valence-corrected chi connectivity index (χ1v) is 6.20. The van der Waals surface area contributed by atoms with Gasteiger partial charge >= 0.3 is 0 Å². The van der Waals surface area contributed by atoms with E-state index >= 15 is 0 Å². The van der Waals surface area contributed by atoms with Gasteiger partial charge in [-0.25, -0.2) is 0 Å². The Labute approximate surface area is 97.0 Å². The fourth-order valence-corrected chi connectivity index (χ4v) is 2.33. The number of hydrogen-bond acceptors (Lipinski definition) is 2. The van der Waals surface area contributed by atoms with Crippen LogP contribution < -0.4 is 10.1 Å². The molecule has 1 aliphatic carbocycles. The van der Waals surface area contributed by atoms with Crippen molar-refractivity contribution in [1.82, 2.24) is 0 Å². The topological polar surface area (TPSA) is 21.3 Å². The van der Waals surface area contributed by atoms with Gasteiger partial charge in [0.15, 0.2) is 0 Å². The fraction of sp³-hybridized carbons (Fsp3) is 0.571. The van der Waals surface area contributed by atoms with E-state index in [1.54, 1.807) is 0 Å². The van der Waals surface area contributed by atoms with E-state index in [-0.39, 0.29) is 0 Å². The minimum absolute atomic E-state index is 0.523. The maximum Gasteiger partial charge on any atom is 0.122 e. The molecule has 16 heavy (non-hydrogen) atoms. The Hall–Kier alpha value is -1.18. The van der Waals surface area contributed by atoms with Crippen LogP contribution in [0.4, 0.5) is 5.69 Å². The third kappa shape index (κ3) is 1.66. The van der Waals surface area contributed by atoms with Crippen LogP contribution in [0, 0.1) is 5.41 Å². The van der Waals surface area contributed by atoms with Crippen molar-refractivity contribution in [3.05, 3.63) is 23.8 Å². The molecule has 2 heteroatoms. The highest BCUT2D eigenvalue weighted by Gasteiger charge is 2.42. The van der Waals surface area contributed by atoms with Crippen molar-refractivity contribution in [3.8, 4) is 5.75 Å². The van der Waals surface area contributed by atoms with Crippen molar-refractivity contribution < 1.29 is 4.74 Å². The molecule has 1 saturated carbocycles. The zero-order valence-electron chi connectivity index (χ0n) is 10.0. The van der Waals surface area contributed by atoms with Crippen LogP contribution in [0.5, 0.6) is 5.75 Å². The molecule has 0 saturated heterocycles. The monoisotopic (exact) mass is 217 g/mol. The highest BCUT2D eigenvalue weighted by Crippen LogP contribution is 2.48. The molecule has 0 aromatic heterocycles. The van der Waals surface area contributed by atoms with Crippen molar-refractivity contribution in [2.24, 2.45) is 5.41 Å². The molecule has 1 unspecified atom stereocenters. The second-order valence-electron chi connectivity index (χ2n) is 5.44. The van der Waals surface area contributed by atoms with E-state index in [9.17, 15) is 0 Å². The fourth-order valence-electron chi connectivity index (χ4n) is 2.33. The predicted molar refractivity (Wildman–Crippen MR) is 66.1 cm³/mol. The van der Waals surface area contributed by atoms with E-state index in [1.165, 1.54) is 24.1 Å². The minimum atomic E-state index is 0.523. The van der Waals surface area contributed by atoms with Crippen LogP contribution in [0.1, 0.15) is 32.3 Å². The van der Waals surface area contributed by atoms with Crippen LogP contribution in [0.3, 0.4) is 0 Å². The van der Waals surface area contributed by atoms with Gasteiger partial charge < -0.3 is 10.1 Å². The third-order valence-electron chi connectivity index (χ3n) is 4.16. The molecule has 3 rings (SSSR count). The third-order valence-corrected chi connectivity index (χ3v) is 4.16. The van der Waals surface area contributed by atoms with Gasteiger partial charge in [0.05, 0.1) is 6.61 Å². The van der Waals surface area contributed by atoms with Gasteiger partial charge in [-0.1, -0.05) is 6.92 Å². The van der Waals surface area contributed by atoms with Gasteiger partial charge in [-0.2, -0.15) is 0 Å². The van der Waals surface area contributed by atoms with E-state index in [2.05, 4.69) is 37.4 Å². The van der Waals surface area contributed by atoms with E-state index in [0.717, 1.165) is 18.8 Å². The van der Waals surface area contributed by atoms with Crippen LogP contribution in [0.15, 0.2) is 18.2 Å². The molecule has 1 aromatic rings. The number of anilines is 1. The van der Waals surface area contributed by atoms with Crippen LogP contribution in [0.25, 0.3) is 0 Å². The molecule has 0 spiro atoms. The molecule has 2 nitrogen and oxygen atoms in total. The first-order valence-electron chi connectivity index (χ1n) is 6.20. The second-order valence-corrected chi connectivity index (χ2v) is 5.44. The Morgan fingerprint density at radius 3 is 2.94 bits per heavy atom. The molecule has 0 radical (unpaired) electrons. The van der Waals surface area contributed by atoms with E-state index in [1.807, 2.05) is 0 Å². The SMILES string of the molecule is CC(Nc1ccc2c(c1)CCO2)C1(C)CC1. The Balaban J connectivity index is 1.75. The van der Waals surface area contributed by atoms with Crippen molar-refractivity contribution in [2.75, 3.05) is 11.9 Å². The van der Waals surface area contributed by atoms with Crippen LogP contribution in [-0.2, 0) is 6.42 Å². The number of ether oxygens (including phenoxy) is 1. The van der Waals surface area contributed by atoms with E-state index in [0.29, 0.717) is 11.5 Å². The number of benzene rings is 1. The predicted octanol–water partition coefficient (Wildman–Crippen LogP) is 3.22. The Kier molecular flexibility index (Phi) is 2.13. The summed E-state index contributed by atoms with van der Waals surface area (Å²) in [6.45, 7) is 5.49. The van der Waals surface area contributed by atoms with Gasteiger partial charge in [-0.15, -0.1) is 0 Å². The van der Waals surface area contributed by atoms with Gasteiger partial charge in [0.25, 0.3) is 0 Å². The quantitative estimate of drug-likeness (QED) is 0.839. The van der Waals surface area contributed by atoms with Gasteiger partial charge in [-0.3, -0.25) is 0 Å². The summed E-state index contributed by atoms with van der Waals surface area (Å²) in [6.07, 6.45) is 3.76. The Bertz CT molecular complexity index is 409. The maximum atomic E-state index is 5.51. The van der Waals surface area contributed by atoms with E-state index in [4.69, 9.17) is 4.74 Å². The molecule has 1 aliphatic heterocycles. The van der Waals surface area contributed by atoms with Crippen LogP contribution >= 0.6 is 0 Å². The number of hydrogen-bond donors (Lipinski definition) is 1. The lowest BCUT2D eigenvalue weighted by Crippen LogP contribution is -2.24. The lowest BCUT2D eigenvalue weighted by atomic mass is 10.0. The van der Waals surface area contributed by atoms with Crippen molar-refractivity contribution >= 4 is 5.69 Å². The van der Waals surface area contributed by atoms with E-state index < -0.39 is 0 Å². The Morgan fingerprint density at radius 1 is 1.38 bits per heavy atom.